The van der Waals surface area contributed by atoms with Crippen molar-refractivity contribution in [1.29, 1.82) is 0 Å². The van der Waals surface area contributed by atoms with Crippen molar-refractivity contribution in [3.63, 3.8) is 0 Å². The van der Waals surface area contributed by atoms with Gasteiger partial charge in [-0.1, -0.05) is 49.8 Å². The molecule has 17 heavy (non-hydrogen) atoms. The first-order chi connectivity index (χ1) is 7.83. The van der Waals surface area contributed by atoms with E-state index >= 15 is 0 Å². The third-order valence-electron chi connectivity index (χ3n) is 3.31. The topological polar surface area (TPSA) is 9.23 Å². The van der Waals surface area contributed by atoms with Gasteiger partial charge in [0.05, 0.1) is 11.9 Å². The third kappa shape index (κ3) is 2.92. The summed E-state index contributed by atoms with van der Waals surface area (Å²) in [6, 6.07) is 0. The van der Waals surface area contributed by atoms with E-state index in [4.69, 9.17) is 16.2 Å². The van der Waals surface area contributed by atoms with Gasteiger partial charge in [0.2, 0.25) is 0 Å². The van der Waals surface area contributed by atoms with Crippen LogP contribution in [0.5, 0.6) is 0 Å². The van der Waals surface area contributed by atoms with Crippen LogP contribution in [-0.4, -0.2) is 5.60 Å². The molecule has 0 spiro atoms. The molecule has 0 bridgehead atoms. The smallest absolute Gasteiger partial charge is 0.133 e. The molecule has 0 fully saturated rings. The Labute approximate surface area is 128 Å². The molecule has 0 amide bonds. The number of allylic oxidation sites excluding steroid dienone is 6. The molecule has 0 aromatic heterocycles. The Balaban J connectivity index is 0.00000144. The number of hydrogen-bond donors (Lipinski definition) is 0. The molecule has 0 atom stereocenters. The van der Waals surface area contributed by atoms with Crippen LogP contribution in [0.25, 0.3) is 0 Å². The normalized spacial score (nSPS) is 18.0. The molecule has 0 N–H and O–H groups in total. The van der Waals surface area contributed by atoms with Crippen molar-refractivity contribution in [1.82, 2.24) is 0 Å². The van der Waals surface area contributed by atoms with Crippen LogP contribution >= 0.6 is 11.9 Å². The van der Waals surface area contributed by atoms with Crippen LogP contribution in [0.4, 0.5) is 0 Å². The minimum atomic E-state index is -0.386. The molecule has 90 valence electrons. The molecular weight excluding hydrogens is 311 g/mol. The molecule has 0 aliphatic heterocycles. The van der Waals surface area contributed by atoms with Gasteiger partial charge in [-0.15, -0.1) is 0 Å². The minimum Gasteiger partial charge on any atom is -0.263 e. The van der Waals surface area contributed by atoms with E-state index in [1.165, 1.54) is 11.1 Å². The molecule has 0 saturated heterocycles. The van der Waals surface area contributed by atoms with Crippen molar-refractivity contribution in [2.75, 3.05) is 0 Å². The second kappa shape index (κ2) is 6.87. The van der Waals surface area contributed by atoms with Gasteiger partial charge in [-0.2, -0.15) is 0 Å². The molecule has 3 heteroatoms. The zero-order valence-electron chi connectivity index (χ0n) is 10.1. The van der Waals surface area contributed by atoms with Crippen LogP contribution in [0, 0.1) is 0 Å². The van der Waals surface area contributed by atoms with Gasteiger partial charge >= 0.3 is 0 Å². The molecule has 0 saturated carbocycles. The fourth-order valence-corrected chi connectivity index (χ4v) is 2.79. The van der Waals surface area contributed by atoms with Crippen LogP contribution < -0.4 is 0 Å². The van der Waals surface area contributed by atoms with Crippen LogP contribution in [0.3, 0.4) is 0 Å². The first-order valence-electron chi connectivity index (χ1n) is 5.85. The predicted octanol–water partition coefficient (Wildman–Crippen LogP) is 4.47. The summed E-state index contributed by atoms with van der Waals surface area (Å²) in [7, 11) is 0. The second-order valence-corrected chi connectivity index (χ2v) is 4.46. The van der Waals surface area contributed by atoms with E-state index in [1.54, 1.807) is 0 Å². The van der Waals surface area contributed by atoms with Crippen molar-refractivity contribution < 1.29 is 30.5 Å². The molecule has 2 aliphatic rings. The Bertz CT molecular complexity index is 350. The molecule has 0 heterocycles. The summed E-state index contributed by atoms with van der Waals surface area (Å²) in [5.74, 6) is 0. The van der Waals surface area contributed by atoms with Gasteiger partial charge in [-0.25, -0.2) is 0 Å². The van der Waals surface area contributed by atoms with Gasteiger partial charge in [0.25, 0.3) is 0 Å². The van der Waals surface area contributed by atoms with E-state index < -0.39 is 0 Å². The second-order valence-electron chi connectivity index (χ2n) is 4.30. The average Bonchev–Trinajstić information content (AvgIpc) is 2.98. The van der Waals surface area contributed by atoms with Gasteiger partial charge < -0.3 is 0 Å². The summed E-state index contributed by atoms with van der Waals surface area (Å²) >= 11 is 5.83. The standard InChI is InChI=1S/C14H17ClO.Zr/c1-2-11-14(16-15,12-7-3-4-8-12)13-9-5-6-10-13;/h3-7,9H,2,8,10-11H2,1H3;. The Morgan fingerprint density at radius 1 is 1.18 bits per heavy atom. The minimum absolute atomic E-state index is 0. The van der Waals surface area contributed by atoms with E-state index in [1.807, 2.05) is 0 Å². The number of hydrogen-bond acceptors (Lipinski definition) is 1. The summed E-state index contributed by atoms with van der Waals surface area (Å²) in [5.41, 5.74) is 2.17. The van der Waals surface area contributed by atoms with E-state index in [2.05, 4.69) is 43.4 Å². The van der Waals surface area contributed by atoms with Gasteiger partial charge in [-0.3, -0.25) is 4.29 Å². The maximum Gasteiger partial charge on any atom is 0.133 e. The van der Waals surface area contributed by atoms with Gasteiger partial charge in [0.15, 0.2) is 0 Å². The molecule has 0 aromatic carbocycles. The van der Waals surface area contributed by atoms with Crippen LogP contribution in [0.1, 0.15) is 32.6 Å². The molecule has 1 nitrogen and oxygen atoms in total. The quantitative estimate of drug-likeness (QED) is 0.724. The summed E-state index contributed by atoms with van der Waals surface area (Å²) in [5, 5.41) is 0. The molecule has 0 aromatic rings. The van der Waals surface area contributed by atoms with Crippen molar-refractivity contribution >= 4 is 11.9 Å². The first-order valence-corrected chi connectivity index (χ1v) is 6.16. The summed E-state index contributed by atoms with van der Waals surface area (Å²) in [4.78, 5) is 0. The van der Waals surface area contributed by atoms with Crippen molar-refractivity contribution in [3.8, 4) is 0 Å². The largest absolute Gasteiger partial charge is 0.263 e. The zero-order chi connectivity index (χ0) is 11.4. The van der Waals surface area contributed by atoms with Crippen molar-refractivity contribution in [2.24, 2.45) is 0 Å². The van der Waals surface area contributed by atoms with E-state index in [-0.39, 0.29) is 31.8 Å². The molecule has 2 aliphatic carbocycles. The summed E-state index contributed by atoms with van der Waals surface area (Å²) < 4.78 is 5.40. The van der Waals surface area contributed by atoms with Crippen LogP contribution in [0.15, 0.2) is 47.6 Å². The molecule has 0 radical (unpaired) electrons. The predicted molar refractivity (Wildman–Crippen MR) is 68.3 cm³/mol. The van der Waals surface area contributed by atoms with Crippen molar-refractivity contribution in [3.05, 3.63) is 47.6 Å². The zero-order valence-corrected chi connectivity index (χ0v) is 13.3. The van der Waals surface area contributed by atoms with Gasteiger partial charge in [0, 0.05) is 26.2 Å². The molecule has 0 unspecified atom stereocenters. The monoisotopic (exact) mass is 326 g/mol. The summed E-state index contributed by atoms with van der Waals surface area (Å²) in [6.07, 6.45) is 16.6. The Kier molecular flexibility index (Phi) is 6.13. The van der Waals surface area contributed by atoms with E-state index in [0.717, 1.165) is 25.7 Å². The Hall–Kier alpha value is 0.0931. The molecular formula is C14H17ClOZr. The number of halogens is 1. The fraction of sp³-hybridized carbons (Fsp3) is 0.429. The van der Waals surface area contributed by atoms with Crippen LogP contribution in [0.2, 0.25) is 0 Å². The van der Waals surface area contributed by atoms with Crippen LogP contribution in [-0.2, 0) is 30.5 Å². The first kappa shape index (κ1) is 15.2. The third-order valence-corrected chi connectivity index (χ3v) is 3.58. The SMILES string of the molecule is CCCC(OCl)(C1=CC=CC1)C1=CC=CC1.[Zr]. The maximum atomic E-state index is 5.83. The Morgan fingerprint density at radius 2 is 1.71 bits per heavy atom. The van der Waals surface area contributed by atoms with Gasteiger partial charge in [0.1, 0.15) is 5.60 Å². The number of rotatable bonds is 5. The van der Waals surface area contributed by atoms with Gasteiger partial charge in [-0.05, 0) is 30.4 Å². The average molecular weight is 328 g/mol. The van der Waals surface area contributed by atoms with E-state index in [9.17, 15) is 0 Å². The van der Waals surface area contributed by atoms with E-state index in [0.29, 0.717) is 0 Å². The Morgan fingerprint density at radius 3 is 2.00 bits per heavy atom. The molecule has 2 rings (SSSR count). The fourth-order valence-electron chi connectivity index (χ4n) is 2.51. The maximum absolute atomic E-state index is 5.83. The summed E-state index contributed by atoms with van der Waals surface area (Å²) in [6.45, 7) is 2.16. The van der Waals surface area contributed by atoms with Crippen molar-refractivity contribution in [2.45, 2.75) is 38.2 Å².